The van der Waals surface area contributed by atoms with Gasteiger partial charge in [-0.3, -0.25) is 9.59 Å². The van der Waals surface area contributed by atoms with Crippen LogP contribution in [0.1, 0.15) is 219 Å². The van der Waals surface area contributed by atoms with Crippen LogP contribution in [-0.4, -0.2) is 29.4 Å². The van der Waals surface area contributed by atoms with Crippen molar-refractivity contribution >= 4 is 19.5 Å². The Labute approximate surface area is 284 Å². The molecule has 0 aromatic carbocycles. The van der Waals surface area contributed by atoms with Gasteiger partial charge in [0.1, 0.15) is 0 Å². The third-order valence-corrected chi connectivity index (χ3v) is 10.9. The van der Waals surface area contributed by atoms with E-state index in [0.717, 1.165) is 38.5 Å². The van der Waals surface area contributed by atoms with E-state index in [4.69, 9.17) is 14.8 Å². The van der Waals surface area contributed by atoms with Crippen LogP contribution in [0.2, 0.25) is 0 Å². The van der Waals surface area contributed by atoms with Crippen molar-refractivity contribution in [2.45, 2.75) is 225 Å². The highest BCUT2D eigenvalue weighted by molar-refractivity contribution is 7.55. The Balaban J connectivity index is 3.88. The lowest BCUT2D eigenvalue weighted by Crippen LogP contribution is -2.25. The number of unbranched alkanes of at least 4 members (excludes halogenated alkanes) is 28. The molecule has 0 rings (SSSR count). The molecular formula is C38H76NO6P. The summed E-state index contributed by atoms with van der Waals surface area (Å²) in [6.45, 7) is 4.09. The molecule has 0 amide bonds. The largest absolute Gasteiger partial charge is 0.464 e. The minimum Gasteiger partial charge on any atom is -0.381 e. The Bertz CT molecular complexity index is 682. The Kier molecular flexibility index (Phi) is 33.3. The van der Waals surface area contributed by atoms with Crippen molar-refractivity contribution in [1.82, 2.24) is 0 Å². The highest BCUT2D eigenvalue weighted by atomic mass is 31.2. The number of nitrogens with two attached hydrogens (primary N) is 1. The normalized spacial score (nSPS) is 12.3. The van der Waals surface area contributed by atoms with Crippen LogP contribution in [0.25, 0.3) is 0 Å². The summed E-state index contributed by atoms with van der Waals surface area (Å²) in [5.41, 5.74) is 5.48. The Hall–Kier alpha value is -0.910. The maximum atomic E-state index is 13.1. The smallest absolute Gasteiger partial charge is 0.381 e. The molecule has 0 saturated carbocycles. The van der Waals surface area contributed by atoms with Gasteiger partial charge in [-0.15, -0.1) is 0 Å². The first kappa shape index (κ1) is 45.1. The van der Waals surface area contributed by atoms with Crippen LogP contribution in [0.15, 0.2) is 0 Å². The molecule has 0 fully saturated rings. The number of carbonyl (C=O) groups is 2. The van der Waals surface area contributed by atoms with Gasteiger partial charge in [-0.25, -0.2) is 4.57 Å². The standard InChI is InChI=1S/C38H76NO6P/c1-3-5-7-9-11-13-15-17-19-21-23-25-27-29-31-33-36(40)44-46(43,38(42)35-39)45-37(41)34-32-30-28-26-24-22-20-18-16-14-12-10-8-6-4-2/h38,42H,3-35,39H2,1-2H3. The van der Waals surface area contributed by atoms with Gasteiger partial charge in [-0.1, -0.05) is 194 Å². The molecule has 8 heteroatoms. The fraction of sp³-hybridized carbons (Fsp3) is 0.947. The van der Waals surface area contributed by atoms with Crippen LogP contribution in [0, 0.1) is 0 Å². The van der Waals surface area contributed by atoms with Gasteiger partial charge in [0.05, 0.1) is 0 Å². The van der Waals surface area contributed by atoms with Crippen molar-refractivity contribution in [1.29, 1.82) is 0 Å². The molecule has 0 aromatic heterocycles. The van der Waals surface area contributed by atoms with Gasteiger partial charge in [0.25, 0.3) is 0 Å². The molecule has 1 unspecified atom stereocenters. The summed E-state index contributed by atoms with van der Waals surface area (Å²) in [5, 5.41) is 10.1. The van der Waals surface area contributed by atoms with E-state index in [2.05, 4.69) is 13.8 Å². The molecule has 0 saturated heterocycles. The van der Waals surface area contributed by atoms with E-state index in [-0.39, 0.29) is 12.8 Å². The minimum absolute atomic E-state index is 0.0795. The van der Waals surface area contributed by atoms with E-state index in [9.17, 15) is 19.3 Å². The highest BCUT2D eigenvalue weighted by Gasteiger charge is 2.40. The number of hydrogen-bond acceptors (Lipinski definition) is 7. The van der Waals surface area contributed by atoms with Gasteiger partial charge >= 0.3 is 19.5 Å². The summed E-state index contributed by atoms with van der Waals surface area (Å²) >= 11 is 0. The van der Waals surface area contributed by atoms with Gasteiger partial charge in [-0.2, -0.15) is 0 Å². The van der Waals surface area contributed by atoms with E-state index in [1.165, 1.54) is 141 Å². The van der Waals surface area contributed by atoms with E-state index >= 15 is 0 Å². The summed E-state index contributed by atoms with van der Waals surface area (Å²) in [4.78, 5) is 24.7. The van der Waals surface area contributed by atoms with E-state index < -0.39 is 31.9 Å². The fourth-order valence-electron chi connectivity index (χ4n) is 5.93. The quantitative estimate of drug-likeness (QED) is 0.0502. The Morgan fingerprint density at radius 3 is 0.913 bits per heavy atom. The molecule has 0 radical (unpaired) electrons. The topological polar surface area (TPSA) is 116 Å². The van der Waals surface area contributed by atoms with Crippen molar-refractivity contribution in [2.75, 3.05) is 6.54 Å². The van der Waals surface area contributed by atoms with Gasteiger partial charge in [0.15, 0.2) is 5.85 Å². The Morgan fingerprint density at radius 1 is 0.478 bits per heavy atom. The summed E-state index contributed by atoms with van der Waals surface area (Å²) in [5.74, 6) is -3.14. The van der Waals surface area contributed by atoms with Gasteiger partial charge in [0, 0.05) is 19.4 Å². The molecule has 0 heterocycles. The minimum atomic E-state index is -4.37. The lowest BCUT2D eigenvalue weighted by Gasteiger charge is -2.21. The molecule has 0 aliphatic heterocycles. The molecule has 7 nitrogen and oxygen atoms in total. The van der Waals surface area contributed by atoms with Crippen molar-refractivity contribution in [3.8, 4) is 0 Å². The molecule has 1 atom stereocenters. The summed E-state index contributed by atoms with van der Waals surface area (Å²) in [6.07, 6.45) is 36.9. The van der Waals surface area contributed by atoms with Crippen molar-refractivity contribution in [3.05, 3.63) is 0 Å². The van der Waals surface area contributed by atoms with Crippen LogP contribution in [0.4, 0.5) is 0 Å². The molecule has 0 bridgehead atoms. The second-order valence-electron chi connectivity index (χ2n) is 13.6. The Morgan fingerprint density at radius 2 is 0.696 bits per heavy atom. The van der Waals surface area contributed by atoms with E-state index in [1.807, 2.05) is 0 Å². The van der Waals surface area contributed by atoms with Crippen LogP contribution in [0.5, 0.6) is 0 Å². The van der Waals surface area contributed by atoms with Crippen LogP contribution >= 0.6 is 7.60 Å². The molecular weight excluding hydrogens is 597 g/mol. The third-order valence-electron chi connectivity index (χ3n) is 9.00. The molecule has 274 valence electrons. The van der Waals surface area contributed by atoms with Crippen molar-refractivity contribution in [3.63, 3.8) is 0 Å². The van der Waals surface area contributed by atoms with Gasteiger partial charge < -0.3 is 19.9 Å². The predicted octanol–water partition coefficient (Wildman–Crippen LogP) is 12.1. The first-order valence-corrected chi connectivity index (χ1v) is 21.4. The SMILES string of the molecule is CCCCCCCCCCCCCCCCCC(=O)OP(=O)(OC(=O)CCCCCCCCCCCCCCCCC)C(O)CN. The lowest BCUT2D eigenvalue weighted by atomic mass is 10.0. The number of carbonyl (C=O) groups excluding carboxylic acids is 2. The number of aliphatic hydroxyl groups is 1. The number of rotatable bonds is 36. The van der Waals surface area contributed by atoms with Gasteiger partial charge in [-0.05, 0) is 12.8 Å². The van der Waals surface area contributed by atoms with Gasteiger partial charge in [0.2, 0.25) is 0 Å². The second-order valence-corrected chi connectivity index (χ2v) is 15.6. The first-order valence-electron chi connectivity index (χ1n) is 19.8. The fourth-order valence-corrected chi connectivity index (χ4v) is 7.21. The van der Waals surface area contributed by atoms with Crippen molar-refractivity contribution < 1.29 is 28.3 Å². The van der Waals surface area contributed by atoms with Crippen molar-refractivity contribution in [2.24, 2.45) is 5.73 Å². The van der Waals surface area contributed by atoms with E-state index in [1.54, 1.807) is 0 Å². The molecule has 0 aromatic rings. The summed E-state index contributed by atoms with van der Waals surface area (Å²) < 4.78 is 23.2. The number of hydrogen-bond donors (Lipinski definition) is 2. The third kappa shape index (κ3) is 29.2. The summed E-state index contributed by atoms with van der Waals surface area (Å²) in [6, 6.07) is 0. The van der Waals surface area contributed by atoms with Crippen LogP contribution < -0.4 is 5.73 Å². The summed E-state index contributed by atoms with van der Waals surface area (Å²) in [7, 11) is -4.37. The monoisotopic (exact) mass is 674 g/mol. The molecule has 46 heavy (non-hydrogen) atoms. The zero-order valence-electron chi connectivity index (χ0n) is 30.4. The van der Waals surface area contributed by atoms with Crippen LogP contribution in [0.3, 0.4) is 0 Å². The van der Waals surface area contributed by atoms with Crippen LogP contribution in [-0.2, 0) is 23.2 Å². The van der Waals surface area contributed by atoms with E-state index in [0.29, 0.717) is 12.8 Å². The maximum absolute atomic E-state index is 13.1. The molecule has 0 aliphatic carbocycles. The second kappa shape index (κ2) is 34.0. The number of aliphatic hydroxyl groups excluding tert-OH is 1. The highest BCUT2D eigenvalue weighted by Crippen LogP contribution is 2.52. The first-order chi connectivity index (χ1) is 22.4. The average Bonchev–Trinajstić information content (AvgIpc) is 3.04. The average molecular weight is 674 g/mol. The zero-order valence-corrected chi connectivity index (χ0v) is 31.3. The molecule has 3 N–H and O–H groups in total. The maximum Gasteiger partial charge on any atom is 0.464 e. The molecule has 0 spiro atoms. The lowest BCUT2D eigenvalue weighted by molar-refractivity contribution is -0.139. The zero-order chi connectivity index (χ0) is 34.0. The predicted molar refractivity (Wildman–Crippen MR) is 194 cm³/mol. The molecule has 0 aliphatic rings.